The minimum Gasteiger partial charge on any atom is -0.326 e. The molecular weight excluding hydrogens is 170 g/mol. The van der Waals surface area contributed by atoms with Gasteiger partial charge in [-0.05, 0) is 26.2 Å². The summed E-state index contributed by atoms with van der Waals surface area (Å²) in [5.41, 5.74) is 6.00. The molecule has 0 aromatic rings. The molecule has 84 valence electrons. The molecule has 14 heavy (non-hydrogen) atoms. The summed E-state index contributed by atoms with van der Waals surface area (Å²) in [6, 6.07) is 0. The zero-order valence-electron chi connectivity index (χ0n) is 10.0. The Hall–Kier alpha value is -0.0400. The first-order valence-electron chi connectivity index (χ1n) is 6.37. The highest BCUT2D eigenvalue weighted by Crippen LogP contribution is 2.28. The van der Waals surface area contributed by atoms with Crippen LogP contribution in [0.25, 0.3) is 0 Å². The van der Waals surface area contributed by atoms with Gasteiger partial charge in [-0.15, -0.1) is 0 Å². The second kappa shape index (κ2) is 5.75. The molecule has 0 spiro atoms. The molecule has 1 nitrogen and oxygen atoms in total. The normalized spacial score (nSPS) is 19.9. The van der Waals surface area contributed by atoms with E-state index in [2.05, 4.69) is 13.8 Å². The van der Waals surface area contributed by atoms with Gasteiger partial charge in [-0.3, -0.25) is 0 Å². The zero-order valence-corrected chi connectivity index (χ0v) is 10.0. The largest absolute Gasteiger partial charge is 0.326 e. The molecule has 1 aliphatic rings. The van der Waals surface area contributed by atoms with Crippen molar-refractivity contribution in [2.75, 3.05) is 0 Å². The van der Waals surface area contributed by atoms with E-state index in [1.165, 1.54) is 57.8 Å². The van der Waals surface area contributed by atoms with Gasteiger partial charge in [0.05, 0.1) is 0 Å². The number of rotatable bonds is 5. The lowest BCUT2D eigenvalue weighted by Gasteiger charge is -2.22. The first-order valence-corrected chi connectivity index (χ1v) is 6.37. The molecule has 0 aliphatic heterocycles. The van der Waals surface area contributed by atoms with Crippen molar-refractivity contribution < 1.29 is 0 Å². The van der Waals surface area contributed by atoms with Gasteiger partial charge in [-0.1, -0.05) is 51.4 Å². The van der Waals surface area contributed by atoms with Crippen LogP contribution in [0.4, 0.5) is 0 Å². The number of hydrogen-bond donors (Lipinski definition) is 1. The summed E-state index contributed by atoms with van der Waals surface area (Å²) in [5.74, 6) is 1.05. The van der Waals surface area contributed by atoms with Crippen molar-refractivity contribution in [1.29, 1.82) is 0 Å². The highest BCUT2D eigenvalue weighted by molar-refractivity contribution is 4.72. The fraction of sp³-hybridized carbons (Fsp3) is 1.00. The summed E-state index contributed by atoms with van der Waals surface area (Å²) >= 11 is 0. The van der Waals surface area contributed by atoms with Gasteiger partial charge in [0.25, 0.3) is 0 Å². The van der Waals surface area contributed by atoms with Gasteiger partial charge in [0, 0.05) is 5.54 Å². The molecule has 0 amide bonds. The molecule has 0 radical (unpaired) electrons. The summed E-state index contributed by atoms with van der Waals surface area (Å²) in [5, 5.41) is 0. The topological polar surface area (TPSA) is 26.0 Å². The first-order chi connectivity index (χ1) is 6.58. The van der Waals surface area contributed by atoms with Crippen LogP contribution in [0.3, 0.4) is 0 Å². The molecule has 1 rings (SSSR count). The van der Waals surface area contributed by atoms with Crippen molar-refractivity contribution in [3.05, 3.63) is 0 Å². The van der Waals surface area contributed by atoms with Gasteiger partial charge in [0.1, 0.15) is 0 Å². The molecule has 0 heterocycles. The van der Waals surface area contributed by atoms with E-state index in [0.29, 0.717) is 0 Å². The monoisotopic (exact) mass is 197 g/mol. The van der Waals surface area contributed by atoms with Gasteiger partial charge in [0.15, 0.2) is 0 Å². The smallest absolute Gasteiger partial charge is 0.00970 e. The van der Waals surface area contributed by atoms with Crippen LogP contribution in [0.5, 0.6) is 0 Å². The maximum absolute atomic E-state index is 5.95. The van der Waals surface area contributed by atoms with E-state index in [-0.39, 0.29) is 5.54 Å². The van der Waals surface area contributed by atoms with Crippen LogP contribution in [0.15, 0.2) is 0 Å². The number of nitrogens with two attached hydrogens (primary N) is 1. The van der Waals surface area contributed by atoms with Crippen LogP contribution in [0.1, 0.15) is 71.6 Å². The Morgan fingerprint density at radius 3 is 2.29 bits per heavy atom. The first kappa shape index (κ1) is 12.0. The third-order valence-electron chi connectivity index (χ3n) is 3.41. The van der Waals surface area contributed by atoms with Gasteiger partial charge >= 0.3 is 0 Å². The maximum atomic E-state index is 5.95. The highest BCUT2D eigenvalue weighted by atomic mass is 14.7. The SMILES string of the molecule is CC(C)(N)CCCCC1CCCCC1. The Bertz CT molecular complexity index is 140. The number of hydrogen-bond acceptors (Lipinski definition) is 1. The third kappa shape index (κ3) is 5.64. The Morgan fingerprint density at radius 2 is 1.71 bits per heavy atom. The quantitative estimate of drug-likeness (QED) is 0.665. The highest BCUT2D eigenvalue weighted by Gasteiger charge is 2.14. The van der Waals surface area contributed by atoms with Gasteiger partial charge in [-0.25, -0.2) is 0 Å². The molecule has 0 unspecified atom stereocenters. The lowest BCUT2D eigenvalue weighted by Crippen LogP contribution is -2.31. The van der Waals surface area contributed by atoms with E-state index in [9.17, 15) is 0 Å². The average Bonchev–Trinajstić information content (AvgIpc) is 2.13. The summed E-state index contributed by atoms with van der Waals surface area (Å²) in [6.45, 7) is 4.27. The lowest BCUT2D eigenvalue weighted by molar-refractivity contribution is 0.322. The van der Waals surface area contributed by atoms with E-state index in [1.54, 1.807) is 0 Å². The van der Waals surface area contributed by atoms with E-state index >= 15 is 0 Å². The standard InChI is InChI=1S/C13H27N/c1-13(2,14)11-7-6-10-12-8-4-3-5-9-12/h12H,3-11,14H2,1-2H3. The van der Waals surface area contributed by atoms with Crippen LogP contribution >= 0.6 is 0 Å². The van der Waals surface area contributed by atoms with Crippen LogP contribution in [-0.2, 0) is 0 Å². The molecule has 1 fully saturated rings. The van der Waals surface area contributed by atoms with Crippen molar-refractivity contribution in [3.8, 4) is 0 Å². The van der Waals surface area contributed by atoms with Crippen molar-refractivity contribution in [3.63, 3.8) is 0 Å². The van der Waals surface area contributed by atoms with E-state index < -0.39 is 0 Å². The molecule has 1 aliphatic carbocycles. The zero-order chi connectivity index (χ0) is 10.4. The Morgan fingerprint density at radius 1 is 1.07 bits per heavy atom. The maximum Gasteiger partial charge on any atom is 0.00970 e. The molecule has 2 N–H and O–H groups in total. The average molecular weight is 197 g/mol. The summed E-state index contributed by atoms with van der Waals surface area (Å²) in [4.78, 5) is 0. The van der Waals surface area contributed by atoms with Crippen molar-refractivity contribution in [1.82, 2.24) is 0 Å². The summed E-state index contributed by atoms with van der Waals surface area (Å²) in [7, 11) is 0. The second-order valence-corrected chi connectivity index (χ2v) is 5.74. The molecule has 0 bridgehead atoms. The van der Waals surface area contributed by atoms with Crippen molar-refractivity contribution in [2.24, 2.45) is 11.7 Å². The summed E-state index contributed by atoms with van der Waals surface area (Å²) in [6.07, 6.45) is 12.8. The van der Waals surface area contributed by atoms with Gasteiger partial charge in [0.2, 0.25) is 0 Å². The van der Waals surface area contributed by atoms with E-state index in [4.69, 9.17) is 5.73 Å². The number of unbranched alkanes of at least 4 members (excludes halogenated alkanes) is 1. The van der Waals surface area contributed by atoms with Crippen LogP contribution in [0, 0.1) is 5.92 Å². The fourth-order valence-corrected chi connectivity index (χ4v) is 2.49. The second-order valence-electron chi connectivity index (χ2n) is 5.74. The fourth-order valence-electron chi connectivity index (χ4n) is 2.49. The molecular formula is C13H27N. The van der Waals surface area contributed by atoms with Crippen molar-refractivity contribution in [2.45, 2.75) is 77.2 Å². The predicted molar refractivity (Wildman–Crippen MR) is 63.3 cm³/mol. The van der Waals surface area contributed by atoms with Crippen LogP contribution in [0.2, 0.25) is 0 Å². The van der Waals surface area contributed by atoms with E-state index in [1.807, 2.05) is 0 Å². The van der Waals surface area contributed by atoms with Crippen LogP contribution in [-0.4, -0.2) is 5.54 Å². The molecule has 0 aromatic heterocycles. The molecule has 1 saturated carbocycles. The minimum absolute atomic E-state index is 0.0482. The van der Waals surface area contributed by atoms with Gasteiger partial charge in [-0.2, -0.15) is 0 Å². The Kier molecular flexibility index (Phi) is 4.94. The van der Waals surface area contributed by atoms with E-state index in [0.717, 1.165) is 5.92 Å². The van der Waals surface area contributed by atoms with Crippen molar-refractivity contribution >= 4 is 0 Å². The lowest BCUT2D eigenvalue weighted by atomic mass is 9.85. The Labute approximate surface area is 89.5 Å². The summed E-state index contributed by atoms with van der Waals surface area (Å²) < 4.78 is 0. The molecule has 0 aromatic carbocycles. The minimum atomic E-state index is 0.0482. The molecule has 1 heteroatoms. The van der Waals surface area contributed by atoms with Crippen LogP contribution < -0.4 is 5.73 Å². The van der Waals surface area contributed by atoms with Gasteiger partial charge < -0.3 is 5.73 Å². The molecule has 0 saturated heterocycles. The molecule has 0 atom stereocenters. The third-order valence-corrected chi connectivity index (χ3v) is 3.41. The predicted octanol–water partition coefficient (Wildman–Crippen LogP) is 3.86. The Balaban J connectivity index is 1.97.